The third-order valence-corrected chi connectivity index (χ3v) is 7.62. The number of amides is 2. The normalized spacial score (nSPS) is 19.2. The van der Waals surface area contributed by atoms with Crippen molar-refractivity contribution in [1.29, 1.82) is 0 Å². The van der Waals surface area contributed by atoms with Gasteiger partial charge in [0, 0.05) is 12.5 Å². The van der Waals surface area contributed by atoms with Gasteiger partial charge in [0.25, 0.3) is 5.91 Å². The second kappa shape index (κ2) is 10.1. The van der Waals surface area contributed by atoms with E-state index >= 15 is 4.39 Å². The molecule has 0 bridgehead atoms. The van der Waals surface area contributed by atoms with E-state index in [0.29, 0.717) is 31.6 Å². The fraction of sp³-hybridized carbons (Fsp3) is 0.241. The second-order valence-electron chi connectivity index (χ2n) is 9.82. The SMILES string of the molecule is O=C1Nc2ccc(Cl)c(F)c2[C@@]2(CCCN(C(=O)c3n[nH]c(C(Cc4ccccc4)c4ccccc4)n3)C2)O1. The van der Waals surface area contributed by atoms with E-state index < -0.39 is 23.4 Å². The molecule has 39 heavy (non-hydrogen) atoms. The Morgan fingerprint density at radius 3 is 2.62 bits per heavy atom. The number of likely N-dealkylation sites (tertiary alicyclic amines) is 1. The summed E-state index contributed by atoms with van der Waals surface area (Å²) < 4.78 is 20.9. The summed E-state index contributed by atoms with van der Waals surface area (Å²) in [4.78, 5) is 32.1. The first kappa shape index (κ1) is 25.1. The Balaban J connectivity index is 1.29. The van der Waals surface area contributed by atoms with Crippen LogP contribution in [0, 0.1) is 5.82 Å². The molecule has 1 aromatic heterocycles. The minimum Gasteiger partial charge on any atom is -0.436 e. The van der Waals surface area contributed by atoms with Crippen LogP contribution >= 0.6 is 11.6 Å². The molecule has 4 aromatic rings. The highest BCUT2D eigenvalue weighted by atomic mass is 35.5. The molecule has 198 valence electrons. The molecular formula is C29H25ClFN5O3. The minimum atomic E-state index is -1.36. The molecule has 2 N–H and O–H groups in total. The molecule has 1 spiro atoms. The number of anilines is 1. The summed E-state index contributed by atoms with van der Waals surface area (Å²) in [6.45, 7) is 0.346. The number of hydrogen-bond acceptors (Lipinski definition) is 5. The average Bonchev–Trinajstić information content (AvgIpc) is 3.44. The van der Waals surface area contributed by atoms with Crippen LogP contribution in [0.4, 0.5) is 14.9 Å². The highest BCUT2D eigenvalue weighted by molar-refractivity contribution is 6.31. The van der Waals surface area contributed by atoms with E-state index in [1.165, 1.54) is 11.0 Å². The number of hydrogen-bond donors (Lipinski definition) is 2. The van der Waals surface area contributed by atoms with Gasteiger partial charge in [-0.25, -0.2) is 14.2 Å². The van der Waals surface area contributed by atoms with Crippen molar-refractivity contribution in [2.75, 3.05) is 18.4 Å². The maximum Gasteiger partial charge on any atom is 0.412 e. The van der Waals surface area contributed by atoms with E-state index in [2.05, 4.69) is 32.6 Å². The van der Waals surface area contributed by atoms with Crippen LogP contribution in [0.5, 0.6) is 0 Å². The number of aromatic nitrogens is 3. The lowest BCUT2D eigenvalue weighted by Crippen LogP contribution is -2.53. The lowest BCUT2D eigenvalue weighted by Gasteiger charge is -2.44. The first-order valence-corrected chi connectivity index (χ1v) is 13.1. The van der Waals surface area contributed by atoms with E-state index in [1.807, 2.05) is 48.5 Å². The summed E-state index contributed by atoms with van der Waals surface area (Å²) in [6.07, 6.45) is 0.800. The monoisotopic (exact) mass is 545 g/mol. The number of carbonyl (C=O) groups excluding carboxylic acids is 2. The summed E-state index contributed by atoms with van der Waals surface area (Å²) in [5.74, 6) is -0.680. The van der Waals surface area contributed by atoms with E-state index in [-0.39, 0.29) is 34.6 Å². The molecule has 2 atom stereocenters. The summed E-state index contributed by atoms with van der Waals surface area (Å²) in [5, 5.41) is 9.69. The Kier molecular flexibility index (Phi) is 6.52. The Labute approximate surface area is 229 Å². The molecule has 1 fully saturated rings. The molecule has 1 unspecified atom stereocenters. The van der Waals surface area contributed by atoms with Gasteiger partial charge in [0.05, 0.1) is 22.8 Å². The van der Waals surface area contributed by atoms with Crippen molar-refractivity contribution in [3.05, 3.63) is 112 Å². The molecule has 3 heterocycles. The average molecular weight is 546 g/mol. The molecule has 2 aliphatic rings. The van der Waals surface area contributed by atoms with Gasteiger partial charge < -0.3 is 9.64 Å². The fourth-order valence-corrected chi connectivity index (χ4v) is 5.68. The highest BCUT2D eigenvalue weighted by Crippen LogP contribution is 2.45. The molecule has 1 saturated heterocycles. The number of H-pyrrole nitrogens is 1. The topological polar surface area (TPSA) is 100 Å². The van der Waals surface area contributed by atoms with Gasteiger partial charge in [0.2, 0.25) is 5.82 Å². The zero-order chi connectivity index (χ0) is 27.0. The first-order valence-electron chi connectivity index (χ1n) is 12.7. The smallest absolute Gasteiger partial charge is 0.412 e. The number of carbonyl (C=O) groups is 2. The Hall–Kier alpha value is -4.24. The maximum atomic E-state index is 15.2. The molecule has 10 heteroatoms. The number of ether oxygens (including phenoxy) is 1. The van der Waals surface area contributed by atoms with Crippen LogP contribution in [-0.2, 0) is 16.8 Å². The molecule has 2 amide bonds. The van der Waals surface area contributed by atoms with Crippen molar-refractivity contribution < 1.29 is 18.7 Å². The van der Waals surface area contributed by atoms with Gasteiger partial charge in [-0.15, -0.1) is 5.10 Å². The van der Waals surface area contributed by atoms with Crippen LogP contribution in [0.15, 0.2) is 72.8 Å². The van der Waals surface area contributed by atoms with E-state index in [1.54, 1.807) is 6.07 Å². The molecule has 2 aliphatic heterocycles. The Morgan fingerprint density at radius 2 is 1.85 bits per heavy atom. The Morgan fingerprint density at radius 1 is 1.10 bits per heavy atom. The third-order valence-electron chi connectivity index (χ3n) is 7.33. The van der Waals surface area contributed by atoms with Crippen LogP contribution in [0.3, 0.4) is 0 Å². The van der Waals surface area contributed by atoms with Crippen molar-refractivity contribution in [3.63, 3.8) is 0 Å². The maximum absolute atomic E-state index is 15.2. The first-order chi connectivity index (χ1) is 18.9. The lowest BCUT2D eigenvalue weighted by molar-refractivity contribution is -0.0420. The number of fused-ring (bicyclic) bond motifs is 2. The lowest BCUT2D eigenvalue weighted by atomic mass is 9.83. The molecule has 0 radical (unpaired) electrons. The zero-order valence-electron chi connectivity index (χ0n) is 20.9. The van der Waals surface area contributed by atoms with E-state index in [9.17, 15) is 9.59 Å². The predicted molar refractivity (Wildman–Crippen MR) is 143 cm³/mol. The van der Waals surface area contributed by atoms with Crippen LogP contribution in [0.25, 0.3) is 0 Å². The van der Waals surface area contributed by atoms with E-state index in [0.717, 1.165) is 11.1 Å². The number of piperidine rings is 1. The highest BCUT2D eigenvalue weighted by Gasteiger charge is 2.49. The third kappa shape index (κ3) is 4.74. The number of rotatable bonds is 5. The van der Waals surface area contributed by atoms with Crippen molar-refractivity contribution in [2.24, 2.45) is 0 Å². The Bertz CT molecular complexity index is 1530. The molecule has 6 rings (SSSR count). The van der Waals surface area contributed by atoms with Gasteiger partial charge in [-0.05, 0) is 42.5 Å². The fourth-order valence-electron chi connectivity index (χ4n) is 5.52. The van der Waals surface area contributed by atoms with E-state index in [4.69, 9.17) is 16.3 Å². The quantitative estimate of drug-likeness (QED) is 0.337. The molecular weight excluding hydrogens is 521 g/mol. The van der Waals surface area contributed by atoms with Gasteiger partial charge in [-0.3, -0.25) is 15.2 Å². The van der Waals surface area contributed by atoms with Gasteiger partial charge in [-0.1, -0.05) is 72.3 Å². The van der Waals surface area contributed by atoms with Gasteiger partial charge in [0.15, 0.2) is 11.4 Å². The van der Waals surface area contributed by atoms with Crippen molar-refractivity contribution >= 4 is 29.3 Å². The van der Waals surface area contributed by atoms with Crippen molar-refractivity contribution in [3.8, 4) is 0 Å². The molecule has 0 aliphatic carbocycles. The standard InChI is InChI=1S/C29H25ClFN5O3/c30-21-12-13-22-23(24(21)31)29(39-28(38)32-22)14-7-15-36(17-29)27(37)26-33-25(34-35-26)20(19-10-5-2-6-11-19)16-18-8-3-1-4-9-18/h1-6,8-13,20H,7,14-17H2,(H,32,38)(H,33,34,35)/t20?,29-/m0/s1. The summed E-state index contributed by atoms with van der Waals surface area (Å²) in [5.41, 5.74) is 1.24. The van der Waals surface area contributed by atoms with Crippen LogP contribution in [0.2, 0.25) is 5.02 Å². The largest absolute Gasteiger partial charge is 0.436 e. The summed E-state index contributed by atoms with van der Waals surface area (Å²) in [6, 6.07) is 22.9. The van der Waals surface area contributed by atoms with Gasteiger partial charge in [0.1, 0.15) is 5.82 Å². The molecule has 0 saturated carbocycles. The van der Waals surface area contributed by atoms with Crippen LogP contribution < -0.4 is 5.32 Å². The zero-order valence-corrected chi connectivity index (χ0v) is 21.6. The van der Waals surface area contributed by atoms with Crippen molar-refractivity contribution in [2.45, 2.75) is 30.8 Å². The minimum absolute atomic E-state index is 0.00286. The number of halogens is 2. The van der Waals surface area contributed by atoms with Crippen LogP contribution in [0.1, 0.15) is 51.9 Å². The van der Waals surface area contributed by atoms with Gasteiger partial charge >= 0.3 is 6.09 Å². The second-order valence-corrected chi connectivity index (χ2v) is 10.2. The number of nitrogens with one attached hydrogen (secondary N) is 2. The predicted octanol–water partition coefficient (Wildman–Crippen LogP) is 5.67. The summed E-state index contributed by atoms with van der Waals surface area (Å²) in [7, 11) is 0. The molecule has 8 nitrogen and oxygen atoms in total. The van der Waals surface area contributed by atoms with Gasteiger partial charge in [-0.2, -0.15) is 0 Å². The number of nitrogens with zero attached hydrogens (tertiary/aromatic N) is 3. The number of aromatic amines is 1. The summed E-state index contributed by atoms with van der Waals surface area (Å²) >= 11 is 6.07. The number of benzene rings is 3. The molecule has 3 aromatic carbocycles. The van der Waals surface area contributed by atoms with Crippen LogP contribution in [-0.4, -0.2) is 45.2 Å². The van der Waals surface area contributed by atoms with Crippen molar-refractivity contribution in [1.82, 2.24) is 20.1 Å².